The van der Waals surface area contributed by atoms with Crippen LogP contribution in [0.15, 0.2) is 85.1 Å². The lowest BCUT2D eigenvalue weighted by Gasteiger charge is -2.08. The molecule has 3 aromatic carbocycles. The van der Waals surface area contributed by atoms with E-state index in [1.807, 2.05) is 42.6 Å². The van der Waals surface area contributed by atoms with Crippen molar-refractivity contribution in [3.63, 3.8) is 0 Å². The molecule has 0 aliphatic heterocycles. The van der Waals surface area contributed by atoms with Crippen LogP contribution in [0.4, 0.5) is 0 Å². The van der Waals surface area contributed by atoms with Gasteiger partial charge in [-0.05, 0) is 59.7 Å². The van der Waals surface area contributed by atoms with Crippen molar-refractivity contribution in [2.24, 2.45) is 0 Å². The average Bonchev–Trinajstić information content (AvgIpc) is 3.14. The highest BCUT2D eigenvalue weighted by Crippen LogP contribution is 2.24. The highest BCUT2D eigenvalue weighted by atomic mass is 15.0. The maximum atomic E-state index is 9.72. The maximum Gasteiger partial charge on any atom is 0.0998 e. The Morgan fingerprint density at radius 2 is 1.65 bits per heavy atom. The van der Waals surface area contributed by atoms with Crippen molar-refractivity contribution in [2.45, 2.75) is 6.92 Å². The molecule has 0 bridgehead atoms. The number of hydrogen-bond acceptors (Lipinski definition) is 1. The third-order valence-electron chi connectivity index (χ3n) is 4.57. The first-order valence-corrected chi connectivity index (χ1v) is 8.60. The zero-order valence-electron chi connectivity index (χ0n) is 14.6. The summed E-state index contributed by atoms with van der Waals surface area (Å²) in [6.07, 6.45) is 3.97. The molecule has 2 heteroatoms. The van der Waals surface area contributed by atoms with Crippen molar-refractivity contribution >= 4 is 22.4 Å². The molecule has 2 nitrogen and oxygen atoms in total. The molecule has 1 aromatic heterocycles. The van der Waals surface area contributed by atoms with Crippen molar-refractivity contribution in [3.8, 4) is 11.8 Å². The Balaban J connectivity index is 1.77. The van der Waals surface area contributed by atoms with Crippen molar-refractivity contribution in [1.29, 1.82) is 5.26 Å². The van der Waals surface area contributed by atoms with Gasteiger partial charge in [0.2, 0.25) is 0 Å². The van der Waals surface area contributed by atoms with Crippen LogP contribution in [0.1, 0.15) is 16.8 Å². The molecule has 4 aromatic rings. The predicted molar refractivity (Wildman–Crippen MR) is 108 cm³/mol. The molecule has 0 spiro atoms. The van der Waals surface area contributed by atoms with Crippen molar-refractivity contribution < 1.29 is 0 Å². The summed E-state index contributed by atoms with van der Waals surface area (Å²) in [5.41, 5.74) is 4.89. The van der Waals surface area contributed by atoms with E-state index in [1.54, 1.807) is 0 Å². The zero-order valence-corrected chi connectivity index (χ0v) is 14.6. The van der Waals surface area contributed by atoms with E-state index in [2.05, 4.69) is 66.1 Å². The minimum Gasteiger partial charge on any atom is -0.317 e. The van der Waals surface area contributed by atoms with Gasteiger partial charge in [0.05, 0.1) is 11.6 Å². The fraction of sp³-hybridized carbons (Fsp3) is 0.0417. The number of nitrogens with zero attached hydrogens (tertiary/aromatic N) is 2. The van der Waals surface area contributed by atoms with E-state index in [-0.39, 0.29) is 0 Å². The minimum atomic E-state index is 0.655. The van der Waals surface area contributed by atoms with Gasteiger partial charge in [-0.2, -0.15) is 5.26 Å². The molecule has 1 heterocycles. The number of nitriles is 1. The van der Waals surface area contributed by atoms with E-state index < -0.39 is 0 Å². The molecule has 0 fully saturated rings. The zero-order chi connectivity index (χ0) is 17.9. The minimum absolute atomic E-state index is 0.655. The third kappa shape index (κ3) is 3.03. The van der Waals surface area contributed by atoms with Crippen LogP contribution in [0.3, 0.4) is 0 Å². The van der Waals surface area contributed by atoms with Gasteiger partial charge in [-0.25, -0.2) is 0 Å². The molecule has 0 unspecified atom stereocenters. The Morgan fingerprint density at radius 1 is 0.885 bits per heavy atom. The highest BCUT2D eigenvalue weighted by Gasteiger charge is 2.06. The normalized spacial score (nSPS) is 11.5. The maximum absolute atomic E-state index is 9.72. The molecular weight excluding hydrogens is 316 g/mol. The van der Waals surface area contributed by atoms with Gasteiger partial charge in [-0.3, -0.25) is 0 Å². The molecule has 0 aliphatic rings. The number of aromatic nitrogens is 1. The lowest BCUT2D eigenvalue weighted by molar-refractivity contribution is 1.06. The van der Waals surface area contributed by atoms with Gasteiger partial charge >= 0.3 is 0 Å². The van der Waals surface area contributed by atoms with E-state index in [4.69, 9.17) is 0 Å². The van der Waals surface area contributed by atoms with Crippen LogP contribution in [-0.4, -0.2) is 4.57 Å². The smallest absolute Gasteiger partial charge is 0.0998 e. The third-order valence-corrected chi connectivity index (χ3v) is 4.57. The highest BCUT2D eigenvalue weighted by molar-refractivity contribution is 5.94. The quantitative estimate of drug-likeness (QED) is 0.422. The molecular formula is C24H18N2. The standard InChI is InChI=1S/C24H18N2/c1-18-8-12-23(13-9-18)26-14-4-7-24(26)16-22(17-25)21-11-10-19-5-2-3-6-20(19)15-21/h2-16H,1H3/b22-16-. The summed E-state index contributed by atoms with van der Waals surface area (Å²) in [5.74, 6) is 0. The van der Waals surface area contributed by atoms with Crippen molar-refractivity contribution in [3.05, 3.63) is 102 Å². The molecule has 4 rings (SSSR count). The second kappa shape index (κ2) is 6.74. The fourth-order valence-electron chi connectivity index (χ4n) is 3.14. The van der Waals surface area contributed by atoms with Crippen molar-refractivity contribution in [1.82, 2.24) is 4.57 Å². The SMILES string of the molecule is Cc1ccc(-n2cccc2/C=C(/C#N)c2ccc3ccccc3c2)cc1. The lowest BCUT2D eigenvalue weighted by atomic mass is 10.0. The predicted octanol–water partition coefficient (Wildman–Crippen LogP) is 6.00. The summed E-state index contributed by atoms with van der Waals surface area (Å²) >= 11 is 0. The number of aryl methyl sites for hydroxylation is 1. The van der Waals surface area contributed by atoms with Gasteiger partial charge in [0.15, 0.2) is 0 Å². The lowest BCUT2D eigenvalue weighted by Crippen LogP contribution is -1.95. The topological polar surface area (TPSA) is 28.7 Å². The number of allylic oxidation sites excluding steroid dienone is 1. The molecule has 0 atom stereocenters. The summed E-state index contributed by atoms with van der Waals surface area (Å²) in [5, 5.41) is 12.0. The van der Waals surface area contributed by atoms with Gasteiger partial charge in [0.25, 0.3) is 0 Å². The Labute approximate surface area is 153 Å². The average molecular weight is 334 g/mol. The van der Waals surface area contributed by atoms with E-state index in [0.29, 0.717) is 5.57 Å². The second-order valence-corrected chi connectivity index (χ2v) is 6.37. The van der Waals surface area contributed by atoms with E-state index in [0.717, 1.165) is 22.3 Å². The van der Waals surface area contributed by atoms with Crippen LogP contribution in [0.5, 0.6) is 0 Å². The summed E-state index contributed by atoms with van der Waals surface area (Å²) in [4.78, 5) is 0. The number of fused-ring (bicyclic) bond motifs is 1. The molecule has 0 saturated heterocycles. The molecule has 0 radical (unpaired) electrons. The molecule has 0 N–H and O–H groups in total. The Morgan fingerprint density at radius 3 is 2.42 bits per heavy atom. The molecule has 0 amide bonds. The van der Waals surface area contributed by atoms with Crippen LogP contribution in [0.2, 0.25) is 0 Å². The van der Waals surface area contributed by atoms with E-state index in [1.165, 1.54) is 10.9 Å². The number of hydrogen-bond donors (Lipinski definition) is 0. The first-order valence-electron chi connectivity index (χ1n) is 8.60. The van der Waals surface area contributed by atoms with Crippen molar-refractivity contribution in [2.75, 3.05) is 0 Å². The second-order valence-electron chi connectivity index (χ2n) is 6.37. The van der Waals surface area contributed by atoms with Gasteiger partial charge in [-0.1, -0.05) is 54.1 Å². The summed E-state index contributed by atoms with van der Waals surface area (Å²) in [6.45, 7) is 2.08. The largest absolute Gasteiger partial charge is 0.317 e. The Bertz CT molecular complexity index is 1140. The van der Waals surface area contributed by atoms with E-state index in [9.17, 15) is 5.26 Å². The Hall–Kier alpha value is -3.57. The molecule has 124 valence electrons. The Kier molecular flexibility index (Phi) is 4.13. The van der Waals surface area contributed by atoms with Gasteiger partial charge in [0, 0.05) is 17.6 Å². The first-order chi connectivity index (χ1) is 12.7. The van der Waals surface area contributed by atoms with Crippen LogP contribution in [0.25, 0.3) is 28.1 Å². The van der Waals surface area contributed by atoms with Crippen LogP contribution >= 0.6 is 0 Å². The number of benzene rings is 3. The van der Waals surface area contributed by atoms with E-state index >= 15 is 0 Å². The summed E-state index contributed by atoms with van der Waals surface area (Å²) < 4.78 is 2.10. The molecule has 26 heavy (non-hydrogen) atoms. The first kappa shape index (κ1) is 15.9. The molecule has 0 saturated carbocycles. The van der Waals surface area contributed by atoms with Gasteiger partial charge < -0.3 is 4.57 Å². The van der Waals surface area contributed by atoms with Crippen LogP contribution in [0, 0.1) is 18.3 Å². The monoisotopic (exact) mass is 334 g/mol. The molecule has 0 aliphatic carbocycles. The number of rotatable bonds is 3. The summed E-state index contributed by atoms with van der Waals surface area (Å²) in [7, 11) is 0. The fourth-order valence-corrected chi connectivity index (χ4v) is 3.14. The van der Waals surface area contributed by atoms with Gasteiger partial charge in [0.1, 0.15) is 0 Å². The summed E-state index contributed by atoms with van der Waals surface area (Å²) in [6, 6.07) is 29.1. The van der Waals surface area contributed by atoms with Gasteiger partial charge in [-0.15, -0.1) is 0 Å². The van der Waals surface area contributed by atoms with Crippen LogP contribution in [-0.2, 0) is 0 Å². The van der Waals surface area contributed by atoms with Crippen LogP contribution < -0.4 is 0 Å².